The van der Waals surface area contributed by atoms with E-state index in [9.17, 15) is 4.39 Å². The van der Waals surface area contributed by atoms with Gasteiger partial charge in [-0.3, -0.25) is 4.57 Å². The van der Waals surface area contributed by atoms with Gasteiger partial charge in [0.2, 0.25) is 0 Å². The Balaban J connectivity index is 2.15. The Bertz CT molecular complexity index is 803. The van der Waals surface area contributed by atoms with Gasteiger partial charge in [0.25, 0.3) is 4.84 Å². The minimum Gasteiger partial charge on any atom is -0.429 e. The summed E-state index contributed by atoms with van der Waals surface area (Å²) in [5, 5.41) is 0. The van der Waals surface area contributed by atoms with Gasteiger partial charge in [-0.25, -0.2) is 4.39 Å². The Labute approximate surface area is 115 Å². The van der Waals surface area contributed by atoms with E-state index in [0.29, 0.717) is 16.9 Å². The summed E-state index contributed by atoms with van der Waals surface area (Å²) in [6, 6.07) is 12.5. The molecule has 0 bridgehead atoms. The standard InChI is InChI=1S/C15H12FNOS/c1-10-6-7-14-13(8-10)17(15(19)18-14)9-11-4-2-3-5-12(11)16/h2-8H,9H2,1H3. The molecule has 0 unspecified atom stereocenters. The zero-order valence-electron chi connectivity index (χ0n) is 10.4. The fourth-order valence-corrected chi connectivity index (χ4v) is 2.37. The van der Waals surface area contributed by atoms with E-state index in [2.05, 4.69) is 0 Å². The molecule has 0 saturated carbocycles. The highest BCUT2D eigenvalue weighted by Crippen LogP contribution is 2.21. The molecule has 0 aliphatic carbocycles. The highest BCUT2D eigenvalue weighted by molar-refractivity contribution is 7.71. The first kappa shape index (κ1) is 12.1. The molecule has 0 radical (unpaired) electrons. The van der Waals surface area contributed by atoms with Crippen molar-refractivity contribution in [3.63, 3.8) is 0 Å². The van der Waals surface area contributed by atoms with Crippen LogP contribution >= 0.6 is 12.2 Å². The summed E-state index contributed by atoms with van der Waals surface area (Å²) in [6.07, 6.45) is 0. The van der Waals surface area contributed by atoms with Crippen molar-refractivity contribution >= 4 is 23.3 Å². The summed E-state index contributed by atoms with van der Waals surface area (Å²) >= 11 is 5.21. The van der Waals surface area contributed by atoms with Crippen molar-refractivity contribution in [2.75, 3.05) is 0 Å². The number of hydrogen-bond acceptors (Lipinski definition) is 2. The normalized spacial score (nSPS) is 11.1. The lowest BCUT2D eigenvalue weighted by Crippen LogP contribution is -2.01. The Morgan fingerprint density at radius 2 is 2.00 bits per heavy atom. The third-order valence-electron chi connectivity index (χ3n) is 3.11. The number of rotatable bonds is 2. The van der Waals surface area contributed by atoms with Gasteiger partial charge >= 0.3 is 0 Å². The molecule has 1 heterocycles. The van der Waals surface area contributed by atoms with E-state index in [0.717, 1.165) is 16.7 Å². The summed E-state index contributed by atoms with van der Waals surface area (Å²) in [5.41, 5.74) is 3.34. The number of benzene rings is 2. The molecule has 0 amide bonds. The van der Waals surface area contributed by atoms with E-state index in [1.54, 1.807) is 12.1 Å². The van der Waals surface area contributed by atoms with E-state index in [-0.39, 0.29) is 5.82 Å². The highest BCUT2D eigenvalue weighted by atomic mass is 32.1. The maximum absolute atomic E-state index is 13.7. The molecule has 0 aliphatic rings. The zero-order chi connectivity index (χ0) is 13.4. The van der Waals surface area contributed by atoms with Gasteiger partial charge in [-0.2, -0.15) is 0 Å². The Kier molecular flexibility index (Phi) is 2.95. The third kappa shape index (κ3) is 2.19. The van der Waals surface area contributed by atoms with Crippen molar-refractivity contribution < 1.29 is 8.81 Å². The van der Waals surface area contributed by atoms with Gasteiger partial charge in [0.15, 0.2) is 5.58 Å². The summed E-state index contributed by atoms with van der Waals surface area (Å²) < 4.78 is 21.1. The first-order chi connectivity index (χ1) is 9.15. The smallest absolute Gasteiger partial charge is 0.269 e. The average Bonchev–Trinajstić information content (AvgIpc) is 2.69. The number of halogens is 1. The number of aromatic nitrogens is 1. The monoisotopic (exact) mass is 273 g/mol. The molecule has 0 aliphatic heterocycles. The zero-order valence-corrected chi connectivity index (χ0v) is 11.2. The minimum absolute atomic E-state index is 0.230. The Morgan fingerprint density at radius 1 is 1.21 bits per heavy atom. The fourth-order valence-electron chi connectivity index (χ4n) is 2.12. The van der Waals surface area contributed by atoms with Crippen LogP contribution in [0.5, 0.6) is 0 Å². The molecule has 0 atom stereocenters. The lowest BCUT2D eigenvalue weighted by molar-refractivity contribution is 0.540. The van der Waals surface area contributed by atoms with Gasteiger partial charge < -0.3 is 4.42 Å². The van der Waals surface area contributed by atoms with Gasteiger partial charge in [0.05, 0.1) is 12.1 Å². The van der Waals surface area contributed by atoms with Crippen LogP contribution in [0.15, 0.2) is 46.9 Å². The largest absolute Gasteiger partial charge is 0.429 e. The van der Waals surface area contributed by atoms with Crippen LogP contribution in [0.1, 0.15) is 11.1 Å². The van der Waals surface area contributed by atoms with Crippen LogP contribution in [-0.2, 0) is 6.54 Å². The van der Waals surface area contributed by atoms with Gasteiger partial charge in [-0.15, -0.1) is 0 Å². The van der Waals surface area contributed by atoms with Crippen LogP contribution in [0.4, 0.5) is 4.39 Å². The fraction of sp³-hybridized carbons (Fsp3) is 0.133. The third-order valence-corrected chi connectivity index (χ3v) is 3.41. The molecule has 3 aromatic rings. The Morgan fingerprint density at radius 3 is 2.79 bits per heavy atom. The maximum Gasteiger partial charge on any atom is 0.269 e. The van der Waals surface area contributed by atoms with Crippen LogP contribution < -0.4 is 0 Å². The second kappa shape index (κ2) is 4.63. The molecular formula is C15H12FNOS. The van der Waals surface area contributed by atoms with Gasteiger partial charge in [0, 0.05) is 5.56 Å². The summed E-state index contributed by atoms with van der Waals surface area (Å²) in [6.45, 7) is 2.38. The van der Waals surface area contributed by atoms with Crippen LogP contribution in [0.25, 0.3) is 11.1 Å². The van der Waals surface area contributed by atoms with Crippen LogP contribution in [0.3, 0.4) is 0 Å². The van der Waals surface area contributed by atoms with Crippen LogP contribution in [-0.4, -0.2) is 4.57 Å². The number of nitrogens with zero attached hydrogens (tertiary/aromatic N) is 1. The first-order valence-electron chi connectivity index (χ1n) is 5.98. The number of fused-ring (bicyclic) bond motifs is 1. The van der Waals surface area contributed by atoms with Crippen molar-refractivity contribution in [1.29, 1.82) is 0 Å². The molecule has 2 aromatic carbocycles. The summed E-state index contributed by atoms with van der Waals surface area (Å²) in [7, 11) is 0. The quantitative estimate of drug-likeness (QED) is 0.642. The molecule has 96 valence electrons. The summed E-state index contributed by atoms with van der Waals surface area (Å²) in [5.74, 6) is -0.230. The predicted octanol–water partition coefficient (Wildman–Crippen LogP) is 4.46. The number of oxazole rings is 1. The van der Waals surface area contributed by atoms with E-state index in [4.69, 9.17) is 16.6 Å². The second-order valence-electron chi connectivity index (χ2n) is 4.52. The maximum atomic E-state index is 13.7. The van der Waals surface area contributed by atoms with E-state index in [1.807, 2.05) is 35.8 Å². The molecule has 4 heteroatoms. The van der Waals surface area contributed by atoms with E-state index in [1.165, 1.54) is 6.07 Å². The topological polar surface area (TPSA) is 18.1 Å². The molecule has 1 aromatic heterocycles. The van der Waals surface area contributed by atoms with Crippen LogP contribution in [0, 0.1) is 17.6 Å². The van der Waals surface area contributed by atoms with Gasteiger partial charge in [-0.05, 0) is 42.9 Å². The molecule has 3 rings (SSSR count). The number of hydrogen-bond donors (Lipinski definition) is 0. The predicted molar refractivity (Wildman–Crippen MR) is 75.3 cm³/mol. The average molecular weight is 273 g/mol. The van der Waals surface area contributed by atoms with Crippen molar-refractivity contribution in [1.82, 2.24) is 4.57 Å². The van der Waals surface area contributed by atoms with Crippen molar-refractivity contribution in [3.8, 4) is 0 Å². The first-order valence-corrected chi connectivity index (χ1v) is 6.39. The SMILES string of the molecule is Cc1ccc2oc(=S)n(Cc3ccccc3F)c2c1. The van der Waals surface area contributed by atoms with Gasteiger partial charge in [0.1, 0.15) is 5.82 Å². The number of aryl methyl sites for hydroxylation is 1. The van der Waals surface area contributed by atoms with Crippen LogP contribution in [0.2, 0.25) is 0 Å². The lowest BCUT2D eigenvalue weighted by atomic mass is 10.2. The molecule has 2 nitrogen and oxygen atoms in total. The van der Waals surface area contributed by atoms with Crippen molar-refractivity contribution in [2.24, 2.45) is 0 Å². The molecule has 19 heavy (non-hydrogen) atoms. The summed E-state index contributed by atoms with van der Waals surface area (Å²) in [4.78, 5) is 0.365. The minimum atomic E-state index is -0.230. The van der Waals surface area contributed by atoms with E-state index >= 15 is 0 Å². The Hall–Kier alpha value is -1.94. The highest BCUT2D eigenvalue weighted by Gasteiger charge is 2.09. The molecule has 0 N–H and O–H groups in total. The lowest BCUT2D eigenvalue weighted by Gasteiger charge is -2.05. The van der Waals surface area contributed by atoms with Crippen molar-refractivity contribution in [2.45, 2.75) is 13.5 Å². The van der Waals surface area contributed by atoms with E-state index < -0.39 is 0 Å². The molecule has 0 spiro atoms. The second-order valence-corrected chi connectivity index (χ2v) is 4.87. The van der Waals surface area contributed by atoms with Gasteiger partial charge in [-0.1, -0.05) is 24.3 Å². The molecule has 0 fully saturated rings. The molecular weight excluding hydrogens is 261 g/mol. The van der Waals surface area contributed by atoms with Crippen molar-refractivity contribution in [3.05, 3.63) is 64.2 Å². The molecule has 0 saturated heterocycles.